The van der Waals surface area contributed by atoms with Crippen LogP contribution in [-0.2, 0) is 34.4 Å². The molecule has 0 aliphatic carbocycles. The molecule has 0 saturated heterocycles. The topological polar surface area (TPSA) is 78.9 Å². The smallest absolute Gasteiger partial charge is 0.312 e. The van der Waals surface area contributed by atoms with Crippen molar-refractivity contribution in [3.05, 3.63) is 29.3 Å². The van der Waals surface area contributed by atoms with E-state index in [9.17, 15) is 26.2 Å². The molecule has 11 heteroatoms. The molecule has 20 heavy (non-hydrogen) atoms. The summed E-state index contributed by atoms with van der Waals surface area (Å²) in [6.07, 6.45) is -4.90. The molecule has 0 heterocycles. The van der Waals surface area contributed by atoms with Gasteiger partial charge in [0.2, 0.25) is 0 Å². The lowest BCUT2D eigenvalue weighted by atomic mass is 10.1. The van der Waals surface area contributed by atoms with E-state index in [0.29, 0.717) is 6.07 Å². The molecule has 1 aromatic rings. The minimum Gasteiger partial charge on any atom is -0.312 e. The highest BCUT2D eigenvalue weighted by molar-refractivity contribution is 7.86. The van der Waals surface area contributed by atoms with Gasteiger partial charge in [0.1, 0.15) is 4.90 Å². The number of hydrogen-bond donors (Lipinski definition) is 0. The van der Waals surface area contributed by atoms with Crippen LogP contribution in [0.25, 0.3) is 0 Å². The first-order chi connectivity index (χ1) is 9.09. The van der Waals surface area contributed by atoms with Gasteiger partial charge in [-0.3, -0.25) is 4.57 Å². The number of benzene rings is 1. The van der Waals surface area contributed by atoms with Gasteiger partial charge in [0.15, 0.2) is 0 Å². The number of alkyl halides is 3. The summed E-state index contributed by atoms with van der Waals surface area (Å²) >= 11 is 0. The van der Waals surface area contributed by atoms with Gasteiger partial charge >= 0.3 is 24.5 Å². The quantitative estimate of drug-likeness (QED) is 0.468. The maximum absolute atomic E-state index is 12.8. The lowest BCUT2D eigenvalue weighted by Gasteiger charge is -2.14. The van der Waals surface area contributed by atoms with Crippen LogP contribution in [0, 0.1) is 6.92 Å². The Kier molecular flexibility index (Phi) is 5.33. The van der Waals surface area contributed by atoms with Gasteiger partial charge in [-0.2, -0.15) is 21.6 Å². The predicted molar refractivity (Wildman–Crippen MR) is 61.5 cm³/mol. The van der Waals surface area contributed by atoms with Gasteiger partial charge in [-0.15, -0.1) is 4.67 Å². The van der Waals surface area contributed by atoms with Crippen molar-refractivity contribution in [2.24, 2.45) is 0 Å². The summed E-state index contributed by atoms with van der Waals surface area (Å²) in [5.41, 5.74) is -1.60. The Balaban J connectivity index is 3.28. The standard InChI is InChI=1S/C9H10F3O6PS/c1-6-4-3-5-7(9(10,11)12)8(6)20(14,15)18-17-19(13)16-2/h3-5,19H,1-2H3. The van der Waals surface area contributed by atoms with Crippen LogP contribution in [0.2, 0.25) is 0 Å². The zero-order valence-corrected chi connectivity index (χ0v) is 12.0. The Labute approximate surface area is 113 Å². The summed E-state index contributed by atoms with van der Waals surface area (Å²) in [6.45, 7) is 1.16. The van der Waals surface area contributed by atoms with Crippen LogP contribution < -0.4 is 0 Å². The van der Waals surface area contributed by atoms with E-state index in [2.05, 4.69) is 13.5 Å². The molecule has 0 bridgehead atoms. The second kappa shape index (κ2) is 6.23. The Morgan fingerprint density at radius 1 is 1.25 bits per heavy atom. The van der Waals surface area contributed by atoms with Crippen molar-refractivity contribution in [2.45, 2.75) is 18.0 Å². The fraction of sp³-hybridized carbons (Fsp3) is 0.333. The van der Waals surface area contributed by atoms with Crippen LogP contribution in [0.3, 0.4) is 0 Å². The molecule has 114 valence electrons. The highest BCUT2D eigenvalue weighted by atomic mass is 32.2. The molecule has 0 fully saturated rings. The number of hydrogen-bond acceptors (Lipinski definition) is 6. The molecular weight excluding hydrogens is 324 g/mol. The molecule has 0 radical (unpaired) electrons. The van der Waals surface area contributed by atoms with Crippen molar-refractivity contribution in [2.75, 3.05) is 7.11 Å². The number of aryl methyl sites for hydroxylation is 1. The first-order valence-electron chi connectivity index (χ1n) is 4.95. The van der Waals surface area contributed by atoms with E-state index in [1.54, 1.807) is 0 Å². The van der Waals surface area contributed by atoms with Crippen molar-refractivity contribution < 1.29 is 39.7 Å². The van der Waals surface area contributed by atoms with Crippen molar-refractivity contribution >= 4 is 18.4 Å². The zero-order valence-electron chi connectivity index (χ0n) is 10.2. The van der Waals surface area contributed by atoms with Gasteiger partial charge in [0.05, 0.1) is 5.56 Å². The van der Waals surface area contributed by atoms with Crippen molar-refractivity contribution in [1.82, 2.24) is 0 Å². The monoisotopic (exact) mass is 334 g/mol. The lowest BCUT2D eigenvalue weighted by Crippen LogP contribution is -2.16. The molecular formula is C9H10F3O6PS. The Morgan fingerprint density at radius 2 is 1.85 bits per heavy atom. The molecule has 0 saturated carbocycles. The third-order valence-corrected chi connectivity index (χ3v) is 4.09. The van der Waals surface area contributed by atoms with E-state index in [1.165, 1.54) is 0 Å². The molecule has 0 aromatic heterocycles. The van der Waals surface area contributed by atoms with Crippen molar-refractivity contribution in [3.63, 3.8) is 0 Å². The van der Waals surface area contributed by atoms with Crippen LogP contribution in [-0.4, -0.2) is 15.5 Å². The van der Waals surface area contributed by atoms with Gasteiger partial charge in [0.25, 0.3) is 0 Å². The lowest BCUT2D eigenvalue weighted by molar-refractivity contribution is -0.140. The third kappa shape index (κ3) is 4.03. The maximum atomic E-state index is 12.8. The fourth-order valence-electron chi connectivity index (χ4n) is 1.35. The average molecular weight is 334 g/mol. The van der Waals surface area contributed by atoms with E-state index < -0.39 is 35.0 Å². The van der Waals surface area contributed by atoms with E-state index >= 15 is 0 Å². The van der Waals surface area contributed by atoms with Crippen LogP contribution in [0.15, 0.2) is 23.1 Å². The minimum atomic E-state index is -4.91. The second-order valence-corrected chi connectivity index (χ2v) is 6.04. The summed E-state index contributed by atoms with van der Waals surface area (Å²) < 4.78 is 84.5. The minimum absolute atomic E-state index is 0.194. The summed E-state index contributed by atoms with van der Waals surface area (Å²) in [4.78, 5) is -1.10. The maximum Gasteiger partial charge on any atom is 0.417 e. The molecule has 1 unspecified atom stereocenters. The summed E-state index contributed by atoms with van der Waals surface area (Å²) in [6, 6.07) is 2.80. The summed E-state index contributed by atoms with van der Waals surface area (Å²) in [5, 5.41) is 0. The predicted octanol–water partition coefficient (Wildman–Crippen LogP) is 2.69. The molecule has 0 N–H and O–H groups in total. The van der Waals surface area contributed by atoms with E-state index in [0.717, 1.165) is 26.2 Å². The van der Waals surface area contributed by atoms with Gasteiger partial charge < -0.3 is 4.52 Å². The molecule has 0 aliphatic rings. The van der Waals surface area contributed by atoms with Crippen LogP contribution >= 0.6 is 8.25 Å². The zero-order chi connectivity index (χ0) is 15.6. The second-order valence-electron chi connectivity index (χ2n) is 3.51. The van der Waals surface area contributed by atoms with Gasteiger partial charge in [-0.05, 0) is 18.6 Å². The van der Waals surface area contributed by atoms with Crippen LogP contribution in [0.4, 0.5) is 13.2 Å². The van der Waals surface area contributed by atoms with Crippen LogP contribution in [0.1, 0.15) is 11.1 Å². The van der Waals surface area contributed by atoms with Crippen molar-refractivity contribution in [1.29, 1.82) is 0 Å². The summed E-state index contributed by atoms with van der Waals surface area (Å²) in [7, 11) is -7.22. The summed E-state index contributed by atoms with van der Waals surface area (Å²) in [5.74, 6) is 0. The first-order valence-corrected chi connectivity index (χ1v) is 7.59. The normalized spacial score (nSPS) is 14.2. The molecule has 1 aromatic carbocycles. The van der Waals surface area contributed by atoms with Crippen molar-refractivity contribution in [3.8, 4) is 0 Å². The SMILES string of the molecule is CO[PH](=O)OOS(=O)(=O)c1c(C)cccc1C(F)(F)F. The highest BCUT2D eigenvalue weighted by Crippen LogP contribution is 2.37. The molecule has 6 nitrogen and oxygen atoms in total. The van der Waals surface area contributed by atoms with Gasteiger partial charge in [-0.25, -0.2) is 0 Å². The van der Waals surface area contributed by atoms with E-state index in [1.807, 2.05) is 0 Å². The van der Waals surface area contributed by atoms with E-state index in [4.69, 9.17) is 0 Å². The Hall–Kier alpha value is -0.930. The molecule has 0 amide bonds. The Bertz CT molecular complexity index is 613. The average Bonchev–Trinajstić information content (AvgIpc) is 2.34. The highest BCUT2D eigenvalue weighted by Gasteiger charge is 2.39. The largest absolute Gasteiger partial charge is 0.417 e. The van der Waals surface area contributed by atoms with Gasteiger partial charge in [-0.1, -0.05) is 16.5 Å². The number of rotatable bonds is 5. The van der Waals surface area contributed by atoms with Crippen LogP contribution in [0.5, 0.6) is 0 Å². The van der Waals surface area contributed by atoms with Gasteiger partial charge in [0, 0.05) is 7.11 Å². The number of halogens is 3. The molecule has 0 aliphatic heterocycles. The first kappa shape index (κ1) is 17.1. The molecule has 0 spiro atoms. The van der Waals surface area contributed by atoms with E-state index in [-0.39, 0.29) is 5.56 Å². The fourth-order valence-corrected chi connectivity index (χ4v) is 2.98. The molecule has 1 rings (SSSR count). The Morgan fingerprint density at radius 3 is 2.35 bits per heavy atom. The third-order valence-electron chi connectivity index (χ3n) is 2.13. The molecule has 1 atom stereocenters.